The fraction of sp³-hybridized carbons (Fsp3) is 0.455. The van der Waals surface area contributed by atoms with E-state index >= 15 is 0 Å². The van der Waals surface area contributed by atoms with Gasteiger partial charge in [0, 0.05) is 29.8 Å². The molecule has 1 saturated carbocycles. The van der Waals surface area contributed by atoms with Crippen LogP contribution >= 0.6 is 12.6 Å². The Kier molecular flexibility index (Phi) is 6.52. The molecular weight excluding hydrogens is 419 g/mol. The Balaban J connectivity index is 1.56. The number of hydrogen-bond donors (Lipinski definition) is 2. The third kappa shape index (κ3) is 5.22. The Bertz CT molecular complexity index is 1000. The van der Waals surface area contributed by atoms with Crippen LogP contribution in [0.4, 0.5) is 4.39 Å². The second-order valence-corrected chi connectivity index (χ2v) is 8.73. The minimum absolute atomic E-state index is 0.00211. The standard InChI is InChI=1S/C22H25FN4O3S/c23-18-4-2-1-3-17(18)21(22(30)14-5-6-14)26-9-7-19(31)15(13-26)11-16-12-24-27(25-16)10-8-20(28)29/h1-4,11-12,14,19,21,31H,5-10,13H2,(H,28,29)/b15-11+. The van der Waals surface area contributed by atoms with Crippen LogP contribution < -0.4 is 0 Å². The summed E-state index contributed by atoms with van der Waals surface area (Å²) >= 11 is 4.70. The first kappa shape index (κ1) is 21.7. The molecule has 9 heteroatoms. The molecule has 1 aliphatic heterocycles. The zero-order chi connectivity index (χ0) is 22.0. The van der Waals surface area contributed by atoms with E-state index in [9.17, 15) is 14.0 Å². The van der Waals surface area contributed by atoms with E-state index in [4.69, 9.17) is 17.7 Å². The van der Waals surface area contributed by atoms with Gasteiger partial charge in [-0.2, -0.15) is 27.6 Å². The Morgan fingerprint density at radius 2 is 2.06 bits per heavy atom. The van der Waals surface area contributed by atoms with Crippen LogP contribution in [0.2, 0.25) is 0 Å². The molecule has 2 atom stereocenters. The van der Waals surface area contributed by atoms with E-state index in [1.165, 1.54) is 10.9 Å². The van der Waals surface area contributed by atoms with E-state index < -0.39 is 12.0 Å². The Morgan fingerprint density at radius 3 is 2.77 bits per heavy atom. The number of carbonyl (C=O) groups is 2. The van der Waals surface area contributed by atoms with Crippen molar-refractivity contribution < 1.29 is 19.1 Å². The van der Waals surface area contributed by atoms with Gasteiger partial charge in [-0.25, -0.2) is 4.39 Å². The summed E-state index contributed by atoms with van der Waals surface area (Å²) in [5.74, 6) is -1.17. The van der Waals surface area contributed by atoms with Crippen molar-refractivity contribution in [3.05, 3.63) is 53.1 Å². The molecule has 1 aliphatic carbocycles. The lowest BCUT2D eigenvalue weighted by atomic mass is 9.93. The van der Waals surface area contributed by atoms with Crippen molar-refractivity contribution in [3.8, 4) is 0 Å². The topological polar surface area (TPSA) is 88.3 Å². The molecule has 164 valence electrons. The zero-order valence-corrected chi connectivity index (χ0v) is 17.9. The number of carboxylic acid groups (broad SMARTS) is 1. The maximum Gasteiger partial charge on any atom is 0.305 e. The molecule has 0 spiro atoms. The number of carboxylic acids is 1. The molecule has 2 heterocycles. The summed E-state index contributed by atoms with van der Waals surface area (Å²) in [6.45, 7) is 1.32. The highest BCUT2D eigenvalue weighted by molar-refractivity contribution is 7.81. The second kappa shape index (κ2) is 9.32. The fourth-order valence-electron chi connectivity index (χ4n) is 3.94. The molecule has 2 aromatic rings. The molecule has 1 aromatic carbocycles. The zero-order valence-electron chi connectivity index (χ0n) is 17.0. The van der Waals surface area contributed by atoms with Gasteiger partial charge < -0.3 is 5.11 Å². The Morgan fingerprint density at radius 1 is 1.29 bits per heavy atom. The summed E-state index contributed by atoms with van der Waals surface area (Å²) < 4.78 is 14.6. The van der Waals surface area contributed by atoms with Crippen LogP contribution in [0.5, 0.6) is 0 Å². The van der Waals surface area contributed by atoms with Crippen LogP contribution in [0.15, 0.2) is 36.0 Å². The number of thiol groups is 1. The molecule has 2 unspecified atom stereocenters. The van der Waals surface area contributed by atoms with E-state index in [0.717, 1.165) is 24.8 Å². The molecule has 0 radical (unpaired) electrons. The average Bonchev–Trinajstić information content (AvgIpc) is 3.50. The van der Waals surface area contributed by atoms with Gasteiger partial charge in [0.15, 0.2) is 5.78 Å². The third-order valence-corrected chi connectivity index (χ3v) is 6.32. The number of aromatic nitrogens is 3. The summed E-state index contributed by atoms with van der Waals surface area (Å²) in [6, 6.07) is 5.90. The van der Waals surface area contributed by atoms with Gasteiger partial charge in [0.2, 0.25) is 0 Å². The summed E-state index contributed by atoms with van der Waals surface area (Å²) in [7, 11) is 0. The highest BCUT2D eigenvalue weighted by atomic mass is 32.1. The van der Waals surface area contributed by atoms with Gasteiger partial charge in [-0.05, 0) is 37.0 Å². The number of carbonyl (C=O) groups excluding carboxylic acids is 1. The predicted molar refractivity (Wildman–Crippen MR) is 116 cm³/mol. The van der Waals surface area contributed by atoms with E-state index in [1.807, 2.05) is 11.0 Å². The normalized spacial score (nSPS) is 21.9. The van der Waals surface area contributed by atoms with Gasteiger partial charge in [-0.15, -0.1) is 0 Å². The van der Waals surface area contributed by atoms with Crippen molar-refractivity contribution >= 4 is 30.5 Å². The first-order valence-electron chi connectivity index (χ1n) is 10.4. The smallest absolute Gasteiger partial charge is 0.305 e. The largest absolute Gasteiger partial charge is 0.481 e. The monoisotopic (exact) mass is 444 g/mol. The van der Waals surface area contributed by atoms with Crippen LogP contribution in [0, 0.1) is 11.7 Å². The molecule has 0 bridgehead atoms. The van der Waals surface area contributed by atoms with E-state index in [-0.39, 0.29) is 35.7 Å². The number of ketones is 1. The molecule has 2 aliphatic rings. The molecule has 1 N–H and O–H groups in total. The molecule has 31 heavy (non-hydrogen) atoms. The Labute approximate surface area is 185 Å². The highest BCUT2D eigenvalue weighted by Gasteiger charge is 2.40. The van der Waals surface area contributed by atoms with Gasteiger partial charge in [0.05, 0.1) is 25.2 Å². The molecule has 7 nitrogen and oxygen atoms in total. The summed E-state index contributed by atoms with van der Waals surface area (Å²) in [4.78, 5) is 27.2. The third-order valence-electron chi connectivity index (χ3n) is 5.73. The van der Waals surface area contributed by atoms with E-state index in [0.29, 0.717) is 24.3 Å². The minimum Gasteiger partial charge on any atom is -0.481 e. The first-order chi connectivity index (χ1) is 14.9. The number of aliphatic carboxylic acids is 1. The van der Waals surface area contributed by atoms with Gasteiger partial charge in [0.25, 0.3) is 0 Å². The van der Waals surface area contributed by atoms with Crippen molar-refractivity contribution in [2.45, 2.75) is 43.5 Å². The van der Waals surface area contributed by atoms with Crippen molar-refractivity contribution in [2.75, 3.05) is 13.1 Å². The van der Waals surface area contributed by atoms with Gasteiger partial charge in [0.1, 0.15) is 11.5 Å². The number of hydrogen-bond acceptors (Lipinski definition) is 6. The van der Waals surface area contributed by atoms with Gasteiger partial charge >= 0.3 is 5.97 Å². The van der Waals surface area contributed by atoms with Crippen molar-refractivity contribution in [1.82, 2.24) is 19.9 Å². The van der Waals surface area contributed by atoms with Crippen molar-refractivity contribution in [1.29, 1.82) is 0 Å². The molecule has 4 rings (SSSR count). The van der Waals surface area contributed by atoms with Crippen LogP contribution in [-0.4, -0.2) is 55.1 Å². The molecular formula is C22H25FN4O3S. The van der Waals surface area contributed by atoms with Crippen molar-refractivity contribution in [3.63, 3.8) is 0 Å². The predicted octanol–water partition coefficient (Wildman–Crippen LogP) is 3.00. The molecule has 1 aromatic heterocycles. The molecule has 0 amide bonds. The van der Waals surface area contributed by atoms with Gasteiger partial charge in [-0.1, -0.05) is 18.2 Å². The summed E-state index contributed by atoms with van der Waals surface area (Å²) in [5, 5.41) is 17.2. The fourth-order valence-corrected chi connectivity index (χ4v) is 4.21. The SMILES string of the molecule is O=C(O)CCn1ncc(/C=C2\CN(C(C(=O)C3CC3)c3ccccc3F)CCC2S)n1. The summed E-state index contributed by atoms with van der Waals surface area (Å²) in [5.41, 5.74) is 2.01. The number of benzene rings is 1. The number of halogens is 1. The highest BCUT2D eigenvalue weighted by Crippen LogP contribution is 2.39. The minimum atomic E-state index is -0.907. The second-order valence-electron chi connectivity index (χ2n) is 8.10. The van der Waals surface area contributed by atoms with Crippen LogP contribution in [0.3, 0.4) is 0 Å². The number of piperidine rings is 1. The lowest BCUT2D eigenvalue weighted by molar-refractivity contribution is -0.137. The van der Waals surface area contributed by atoms with Gasteiger partial charge in [-0.3, -0.25) is 14.5 Å². The Hall–Kier alpha value is -2.52. The van der Waals surface area contributed by atoms with Crippen LogP contribution in [0.25, 0.3) is 6.08 Å². The molecule has 1 saturated heterocycles. The van der Waals surface area contributed by atoms with Crippen LogP contribution in [0.1, 0.15) is 43.0 Å². The average molecular weight is 445 g/mol. The maximum atomic E-state index is 14.6. The summed E-state index contributed by atoms with van der Waals surface area (Å²) in [6.07, 6.45) is 5.88. The number of aryl methyl sites for hydroxylation is 1. The van der Waals surface area contributed by atoms with E-state index in [2.05, 4.69) is 10.2 Å². The van der Waals surface area contributed by atoms with E-state index in [1.54, 1.807) is 24.4 Å². The first-order valence-corrected chi connectivity index (χ1v) is 11.0. The number of likely N-dealkylation sites (tertiary alicyclic amines) is 1. The number of rotatable bonds is 8. The maximum absolute atomic E-state index is 14.6. The number of Topliss-reactive ketones (excluding diaryl/α,β-unsaturated/α-hetero) is 1. The lowest BCUT2D eigenvalue weighted by Crippen LogP contribution is -2.42. The van der Waals surface area contributed by atoms with Crippen molar-refractivity contribution in [2.24, 2.45) is 5.92 Å². The lowest BCUT2D eigenvalue weighted by Gasteiger charge is -2.37. The quantitative estimate of drug-likeness (QED) is 0.609. The molecule has 2 fully saturated rings. The van der Waals surface area contributed by atoms with Crippen LogP contribution in [-0.2, 0) is 16.1 Å². The number of nitrogens with zero attached hydrogens (tertiary/aromatic N) is 4.